The largest absolute Gasteiger partial charge is 0.456 e. The molecule has 0 atom stereocenters. The second kappa shape index (κ2) is 12.6. The molecule has 256 valence electrons. The third-order valence-electron chi connectivity index (χ3n) is 10.7. The molecule has 0 saturated heterocycles. The van der Waals surface area contributed by atoms with Gasteiger partial charge in [-0.1, -0.05) is 158 Å². The number of hydrogen-bond acceptors (Lipinski definition) is 4. The van der Waals surface area contributed by atoms with Crippen molar-refractivity contribution in [3.63, 3.8) is 0 Å². The summed E-state index contributed by atoms with van der Waals surface area (Å²) in [6.07, 6.45) is 0. The average molecular weight is 702 g/mol. The zero-order valence-electron chi connectivity index (χ0n) is 29.6. The van der Waals surface area contributed by atoms with Crippen molar-refractivity contribution in [1.29, 1.82) is 0 Å². The Kier molecular flexibility index (Phi) is 7.14. The highest BCUT2D eigenvalue weighted by molar-refractivity contribution is 6.13. The Morgan fingerprint density at radius 2 is 0.836 bits per heavy atom. The van der Waals surface area contributed by atoms with Gasteiger partial charge in [0.1, 0.15) is 11.2 Å². The van der Waals surface area contributed by atoms with E-state index < -0.39 is 0 Å². The van der Waals surface area contributed by atoms with Gasteiger partial charge < -0.3 is 4.42 Å². The Morgan fingerprint density at radius 1 is 0.291 bits per heavy atom. The molecular formula is C51H31N3O. The molecule has 0 aliphatic heterocycles. The van der Waals surface area contributed by atoms with Crippen LogP contribution >= 0.6 is 0 Å². The third-order valence-corrected chi connectivity index (χ3v) is 10.7. The Morgan fingerprint density at radius 3 is 1.60 bits per heavy atom. The Balaban J connectivity index is 1.13. The molecule has 4 nitrogen and oxygen atoms in total. The first-order valence-corrected chi connectivity index (χ1v) is 18.5. The monoisotopic (exact) mass is 701 g/mol. The van der Waals surface area contributed by atoms with Crippen LogP contribution in [0.25, 0.3) is 111 Å². The zero-order chi connectivity index (χ0) is 36.3. The first kappa shape index (κ1) is 31.1. The van der Waals surface area contributed by atoms with Crippen molar-refractivity contribution in [2.75, 3.05) is 0 Å². The molecule has 0 aliphatic carbocycles. The van der Waals surface area contributed by atoms with Crippen molar-refractivity contribution in [2.45, 2.75) is 0 Å². The summed E-state index contributed by atoms with van der Waals surface area (Å²) in [5, 5.41) is 9.11. The van der Waals surface area contributed by atoms with Crippen LogP contribution in [0.5, 0.6) is 0 Å². The van der Waals surface area contributed by atoms with Gasteiger partial charge in [0.2, 0.25) is 0 Å². The standard InChI is InChI=1S/C51H31N3O/c1-3-13-37-28-39(26-20-32(37)10-1)41-30-45(48-44-17-7-8-19-46(44)55-47(48)31-41)51-53-49(52-50(54-51)40-27-21-33-11-2-4-14-38(33)29-40)36-24-22-35(23-25-36)43-18-9-15-34-12-5-6-16-42(34)43/h1-31H. The molecular weight excluding hydrogens is 671 g/mol. The second-order valence-electron chi connectivity index (χ2n) is 14.0. The minimum absolute atomic E-state index is 0.588. The van der Waals surface area contributed by atoms with Crippen molar-refractivity contribution < 1.29 is 4.42 Å². The van der Waals surface area contributed by atoms with E-state index in [0.717, 1.165) is 60.7 Å². The number of nitrogens with zero attached hydrogens (tertiary/aromatic N) is 3. The van der Waals surface area contributed by atoms with Crippen molar-refractivity contribution in [3.8, 4) is 56.4 Å². The van der Waals surface area contributed by atoms with Gasteiger partial charge in [-0.2, -0.15) is 0 Å². The van der Waals surface area contributed by atoms with Crippen LogP contribution in [0.3, 0.4) is 0 Å². The van der Waals surface area contributed by atoms with E-state index in [9.17, 15) is 0 Å². The van der Waals surface area contributed by atoms with Crippen LogP contribution in [0, 0.1) is 0 Å². The summed E-state index contributed by atoms with van der Waals surface area (Å²) < 4.78 is 6.56. The van der Waals surface area contributed by atoms with E-state index in [-0.39, 0.29) is 0 Å². The van der Waals surface area contributed by atoms with Gasteiger partial charge in [0.05, 0.1) is 0 Å². The summed E-state index contributed by atoms with van der Waals surface area (Å²) in [5.41, 5.74) is 8.79. The van der Waals surface area contributed by atoms with Crippen molar-refractivity contribution >= 4 is 54.3 Å². The number of aromatic nitrogens is 3. The maximum atomic E-state index is 6.56. The lowest BCUT2D eigenvalue weighted by Crippen LogP contribution is -2.01. The number of para-hydroxylation sites is 1. The molecule has 0 radical (unpaired) electrons. The Bertz CT molecular complexity index is 3270. The zero-order valence-corrected chi connectivity index (χ0v) is 29.6. The van der Waals surface area contributed by atoms with E-state index in [2.05, 4.69) is 176 Å². The van der Waals surface area contributed by atoms with Crippen LogP contribution in [-0.2, 0) is 0 Å². The van der Waals surface area contributed by atoms with Gasteiger partial charge in [-0.15, -0.1) is 0 Å². The number of furan rings is 1. The van der Waals surface area contributed by atoms with Gasteiger partial charge in [0.25, 0.3) is 0 Å². The second-order valence-corrected chi connectivity index (χ2v) is 14.0. The lowest BCUT2D eigenvalue weighted by Gasteiger charge is -2.12. The van der Waals surface area contributed by atoms with Crippen LogP contribution in [0.1, 0.15) is 0 Å². The molecule has 2 heterocycles. The van der Waals surface area contributed by atoms with Crippen LogP contribution in [-0.4, -0.2) is 15.0 Å². The highest BCUT2D eigenvalue weighted by Gasteiger charge is 2.20. The van der Waals surface area contributed by atoms with Crippen LogP contribution in [0.15, 0.2) is 192 Å². The fourth-order valence-electron chi connectivity index (χ4n) is 7.93. The minimum atomic E-state index is 0.588. The normalized spacial score (nSPS) is 11.6. The summed E-state index contributed by atoms with van der Waals surface area (Å²) in [6.45, 7) is 0. The van der Waals surface area contributed by atoms with E-state index in [0.29, 0.717) is 17.5 Å². The SMILES string of the molecule is c1ccc2cc(-c3cc(-c4nc(-c5ccc(-c6cccc7ccccc67)cc5)nc(-c5ccc6ccccc6c5)n4)c4c(c3)oc3ccccc34)ccc2c1. The van der Waals surface area contributed by atoms with E-state index in [1.165, 1.54) is 32.5 Å². The third kappa shape index (κ3) is 5.43. The molecule has 11 aromatic rings. The summed E-state index contributed by atoms with van der Waals surface area (Å²) in [7, 11) is 0. The summed E-state index contributed by atoms with van der Waals surface area (Å²) >= 11 is 0. The van der Waals surface area contributed by atoms with Crippen LogP contribution in [0.4, 0.5) is 0 Å². The number of fused-ring (bicyclic) bond motifs is 6. The molecule has 2 aromatic heterocycles. The van der Waals surface area contributed by atoms with E-state index >= 15 is 0 Å². The van der Waals surface area contributed by atoms with Gasteiger partial charge in [-0.25, -0.2) is 15.0 Å². The summed E-state index contributed by atoms with van der Waals surface area (Å²) in [5.74, 6) is 1.81. The molecule has 55 heavy (non-hydrogen) atoms. The predicted octanol–water partition coefficient (Wildman–Crippen LogP) is 13.6. The highest BCUT2D eigenvalue weighted by atomic mass is 16.3. The van der Waals surface area contributed by atoms with Crippen LogP contribution in [0.2, 0.25) is 0 Å². The van der Waals surface area contributed by atoms with Crippen molar-refractivity contribution in [3.05, 3.63) is 188 Å². The molecule has 0 aliphatic rings. The summed E-state index contributed by atoms with van der Waals surface area (Å²) in [4.78, 5) is 15.7. The van der Waals surface area contributed by atoms with Gasteiger partial charge >= 0.3 is 0 Å². The molecule has 4 heteroatoms. The lowest BCUT2D eigenvalue weighted by molar-refractivity contribution is 0.669. The molecule has 0 spiro atoms. The van der Waals surface area contributed by atoms with E-state index in [1.807, 2.05) is 12.1 Å². The molecule has 0 saturated carbocycles. The molecule has 0 bridgehead atoms. The van der Waals surface area contributed by atoms with Gasteiger partial charge in [-0.3, -0.25) is 0 Å². The van der Waals surface area contributed by atoms with E-state index in [1.54, 1.807) is 0 Å². The maximum Gasteiger partial charge on any atom is 0.164 e. The topological polar surface area (TPSA) is 51.8 Å². The highest BCUT2D eigenvalue weighted by Crippen LogP contribution is 2.41. The predicted molar refractivity (Wildman–Crippen MR) is 227 cm³/mol. The fourth-order valence-corrected chi connectivity index (χ4v) is 7.93. The van der Waals surface area contributed by atoms with Crippen molar-refractivity contribution in [2.24, 2.45) is 0 Å². The maximum absolute atomic E-state index is 6.56. The van der Waals surface area contributed by atoms with Gasteiger partial charge in [0.15, 0.2) is 17.5 Å². The number of hydrogen-bond donors (Lipinski definition) is 0. The Hall–Kier alpha value is -7.43. The van der Waals surface area contributed by atoms with E-state index in [4.69, 9.17) is 19.4 Å². The Labute approximate surface area is 317 Å². The van der Waals surface area contributed by atoms with Gasteiger partial charge in [0, 0.05) is 27.5 Å². The number of benzene rings is 9. The first-order chi connectivity index (χ1) is 27.2. The summed E-state index contributed by atoms with van der Waals surface area (Å²) in [6, 6.07) is 65.9. The minimum Gasteiger partial charge on any atom is -0.456 e. The smallest absolute Gasteiger partial charge is 0.164 e. The van der Waals surface area contributed by atoms with Crippen molar-refractivity contribution in [1.82, 2.24) is 15.0 Å². The number of rotatable bonds is 5. The quantitative estimate of drug-likeness (QED) is 0.179. The molecule has 0 amide bonds. The molecule has 0 N–H and O–H groups in total. The first-order valence-electron chi connectivity index (χ1n) is 18.5. The molecule has 0 fully saturated rings. The lowest BCUT2D eigenvalue weighted by atomic mass is 9.96. The van der Waals surface area contributed by atoms with Gasteiger partial charge in [-0.05, 0) is 84.9 Å². The molecule has 9 aromatic carbocycles. The average Bonchev–Trinajstić information content (AvgIpc) is 3.64. The van der Waals surface area contributed by atoms with Crippen LogP contribution < -0.4 is 0 Å². The fraction of sp³-hybridized carbons (Fsp3) is 0. The molecule has 11 rings (SSSR count). The molecule has 0 unspecified atom stereocenters.